The van der Waals surface area contributed by atoms with Crippen molar-refractivity contribution in [1.29, 1.82) is 0 Å². The average Bonchev–Trinajstić information content (AvgIpc) is 2.35. The molecule has 0 aliphatic carbocycles. The van der Waals surface area contributed by atoms with Gasteiger partial charge in [-0.3, -0.25) is 0 Å². The smallest absolute Gasteiger partial charge is 0.132 e. The summed E-state index contributed by atoms with van der Waals surface area (Å²) in [5, 5.41) is 0.755. The van der Waals surface area contributed by atoms with Gasteiger partial charge in [0.2, 0.25) is 0 Å². The molecule has 20 heavy (non-hydrogen) atoms. The Morgan fingerprint density at radius 2 is 1.40 bits per heavy atom. The molecule has 0 N–H and O–H groups in total. The van der Waals surface area contributed by atoms with Gasteiger partial charge in [-0.2, -0.15) is 0 Å². The SMILES string of the molecule is C=CCCCCCCCCCC(=O)[Si](C)(C)C(C)(C)C. The van der Waals surface area contributed by atoms with Gasteiger partial charge < -0.3 is 4.79 Å². The van der Waals surface area contributed by atoms with Crippen LogP contribution >= 0.6 is 0 Å². The summed E-state index contributed by atoms with van der Waals surface area (Å²) in [6.45, 7) is 14.9. The summed E-state index contributed by atoms with van der Waals surface area (Å²) in [6.07, 6.45) is 12.9. The van der Waals surface area contributed by atoms with Gasteiger partial charge in [-0.25, -0.2) is 0 Å². The predicted octanol–water partition coefficient (Wildman–Crippen LogP) is 6.30. The number of hydrogen-bond acceptors (Lipinski definition) is 1. The van der Waals surface area contributed by atoms with Crippen LogP contribution in [0.5, 0.6) is 0 Å². The molecule has 2 heteroatoms. The van der Waals surface area contributed by atoms with Gasteiger partial charge in [0.05, 0.1) is 0 Å². The van der Waals surface area contributed by atoms with Crippen molar-refractivity contribution in [2.24, 2.45) is 0 Å². The van der Waals surface area contributed by atoms with Crippen LogP contribution in [0.4, 0.5) is 0 Å². The Bertz CT molecular complexity index is 286. The largest absolute Gasteiger partial charge is 0.305 e. The first kappa shape index (κ1) is 19.6. The normalized spacial score (nSPS) is 12.4. The van der Waals surface area contributed by atoms with Crippen LogP contribution in [0.25, 0.3) is 0 Å². The van der Waals surface area contributed by atoms with Crippen molar-refractivity contribution in [3.05, 3.63) is 12.7 Å². The number of rotatable bonds is 11. The third-order valence-electron chi connectivity index (χ3n) is 4.88. The summed E-state index contributed by atoms with van der Waals surface area (Å²) >= 11 is 0. The number of unbranched alkanes of at least 4 members (excludes halogenated alkanes) is 7. The van der Waals surface area contributed by atoms with Gasteiger partial charge in [0.25, 0.3) is 0 Å². The molecule has 118 valence electrons. The minimum absolute atomic E-state index is 0.190. The fourth-order valence-corrected chi connectivity index (χ4v) is 3.83. The Morgan fingerprint density at radius 1 is 0.950 bits per heavy atom. The zero-order chi connectivity index (χ0) is 15.6. The lowest BCUT2D eigenvalue weighted by Crippen LogP contribution is -2.46. The van der Waals surface area contributed by atoms with Crippen LogP contribution < -0.4 is 0 Å². The first-order chi connectivity index (χ1) is 9.23. The van der Waals surface area contributed by atoms with Crippen LogP contribution in [0.2, 0.25) is 18.1 Å². The molecule has 0 saturated heterocycles. The molecule has 0 unspecified atom stereocenters. The number of carbonyl (C=O) groups is 1. The van der Waals surface area contributed by atoms with E-state index in [1.165, 1.54) is 38.5 Å². The van der Waals surface area contributed by atoms with E-state index in [4.69, 9.17) is 0 Å². The Kier molecular flexibility index (Phi) is 9.36. The maximum Gasteiger partial charge on any atom is 0.132 e. The lowest BCUT2D eigenvalue weighted by atomic mass is 10.1. The molecular formula is C18H36OSi. The monoisotopic (exact) mass is 296 g/mol. The average molecular weight is 297 g/mol. The zero-order valence-corrected chi connectivity index (χ0v) is 15.6. The topological polar surface area (TPSA) is 17.1 Å². The highest BCUT2D eigenvalue weighted by Gasteiger charge is 2.41. The molecule has 0 spiro atoms. The molecular weight excluding hydrogens is 260 g/mol. The molecule has 0 saturated carbocycles. The van der Waals surface area contributed by atoms with E-state index >= 15 is 0 Å². The highest BCUT2D eigenvalue weighted by atomic mass is 28.3. The molecule has 0 aliphatic heterocycles. The molecule has 1 nitrogen and oxygen atoms in total. The highest BCUT2D eigenvalue weighted by molar-refractivity contribution is 7.06. The van der Waals surface area contributed by atoms with Gasteiger partial charge >= 0.3 is 0 Å². The Morgan fingerprint density at radius 3 is 1.85 bits per heavy atom. The van der Waals surface area contributed by atoms with Gasteiger partial charge in [0, 0.05) is 6.42 Å². The molecule has 0 radical (unpaired) electrons. The molecule has 0 amide bonds. The maximum absolute atomic E-state index is 12.4. The predicted molar refractivity (Wildman–Crippen MR) is 94.0 cm³/mol. The van der Waals surface area contributed by atoms with Crippen molar-refractivity contribution >= 4 is 13.5 Å². The standard InChI is InChI=1S/C18H36OSi/c1-7-8-9-10-11-12-13-14-15-16-17(19)20(5,6)18(2,3)4/h7H,1,8-16H2,2-6H3. The van der Waals surface area contributed by atoms with Crippen molar-refractivity contribution < 1.29 is 4.79 Å². The first-order valence-electron chi connectivity index (χ1n) is 8.37. The highest BCUT2D eigenvalue weighted by Crippen LogP contribution is 2.37. The lowest BCUT2D eigenvalue weighted by Gasteiger charge is -2.35. The van der Waals surface area contributed by atoms with E-state index in [0.29, 0.717) is 5.41 Å². The quantitative estimate of drug-likeness (QED) is 0.248. The summed E-state index contributed by atoms with van der Waals surface area (Å²) in [7, 11) is -1.75. The van der Waals surface area contributed by atoms with E-state index in [1.54, 1.807) is 0 Å². The number of carbonyl (C=O) groups excluding carboxylic acids is 1. The Hall–Kier alpha value is -0.373. The zero-order valence-electron chi connectivity index (χ0n) is 14.6. The van der Waals surface area contributed by atoms with E-state index in [1.807, 2.05) is 6.08 Å². The third-order valence-corrected chi connectivity index (χ3v) is 10.3. The summed E-state index contributed by atoms with van der Waals surface area (Å²) < 4.78 is 0. The lowest BCUT2D eigenvalue weighted by molar-refractivity contribution is -0.113. The summed E-state index contributed by atoms with van der Waals surface area (Å²) in [5.41, 5.74) is 0. The first-order valence-corrected chi connectivity index (χ1v) is 11.4. The maximum atomic E-state index is 12.4. The fraction of sp³-hybridized carbons (Fsp3) is 0.833. The van der Waals surface area contributed by atoms with Crippen LogP contribution in [-0.4, -0.2) is 13.5 Å². The van der Waals surface area contributed by atoms with Gasteiger partial charge in [-0.05, 0) is 24.3 Å². The van der Waals surface area contributed by atoms with Crippen LogP contribution in [0.3, 0.4) is 0 Å². The molecule has 0 bridgehead atoms. The second kappa shape index (κ2) is 9.54. The van der Waals surface area contributed by atoms with Crippen LogP contribution in [0.1, 0.15) is 78.6 Å². The molecule has 0 heterocycles. The van der Waals surface area contributed by atoms with Crippen LogP contribution in [0.15, 0.2) is 12.7 Å². The van der Waals surface area contributed by atoms with E-state index in [9.17, 15) is 4.79 Å². The second-order valence-electron chi connectivity index (χ2n) is 7.60. The molecule has 0 aromatic carbocycles. The Labute approximate surface area is 128 Å². The van der Waals surface area contributed by atoms with Crippen molar-refractivity contribution in [2.75, 3.05) is 0 Å². The van der Waals surface area contributed by atoms with Crippen LogP contribution in [-0.2, 0) is 4.79 Å². The molecule has 0 rings (SSSR count). The molecule has 0 atom stereocenters. The van der Waals surface area contributed by atoms with Gasteiger partial charge in [0.15, 0.2) is 0 Å². The minimum atomic E-state index is -1.75. The van der Waals surface area contributed by atoms with E-state index in [2.05, 4.69) is 40.4 Å². The van der Waals surface area contributed by atoms with Crippen molar-refractivity contribution in [3.63, 3.8) is 0 Å². The molecule has 0 aromatic rings. The van der Waals surface area contributed by atoms with Gasteiger partial charge in [-0.1, -0.05) is 72.0 Å². The summed E-state index contributed by atoms with van der Waals surface area (Å²) in [5.74, 6) is 0. The molecule has 0 aliphatic rings. The minimum Gasteiger partial charge on any atom is -0.305 e. The molecule has 0 fully saturated rings. The summed E-state index contributed by atoms with van der Waals surface area (Å²) in [4.78, 5) is 12.4. The second-order valence-corrected chi connectivity index (χ2v) is 12.9. The van der Waals surface area contributed by atoms with E-state index < -0.39 is 8.07 Å². The van der Waals surface area contributed by atoms with Gasteiger partial charge in [0.1, 0.15) is 13.5 Å². The fourth-order valence-electron chi connectivity index (χ4n) is 2.19. The summed E-state index contributed by atoms with van der Waals surface area (Å²) in [6, 6.07) is 0. The van der Waals surface area contributed by atoms with Crippen LogP contribution in [0, 0.1) is 0 Å². The van der Waals surface area contributed by atoms with E-state index in [0.717, 1.165) is 19.3 Å². The Balaban J connectivity index is 3.66. The van der Waals surface area contributed by atoms with Gasteiger partial charge in [-0.15, -0.1) is 6.58 Å². The van der Waals surface area contributed by atoms with Crippen molar-refractivity contribution in [1.82, 2.24) is 0 Å². The third kappa shape index (κ3) is 7.42. The van der Waals surface area contributed by atoms with E-state index in [-0.39, 0.29) is 5.04 Å². The van der Waals surface area contributed by atoms with Crippen molar-refractivity contribution in [3.8, 4) is 0 Å². The number of hydrogen-bond donors (Lipinski definition) is 0. The molecule has 0 aromatic heterocycles. The van der Waals surface area contributed by atoms with Crippen molar-refractivity contribution in [2.45, 2.75) is 96.7 Å². The number of allylic oxidation sites excluding steroid dienone is 1.